The third-order valence-corrected chi connectivity index (χ3v) is 1.93. The van der Waals surface area contributed by atoms with Crippen molar-refractivity contribution in [1.82, 2.24) is 0 Å². The number of benzene rings is 1. The number of aryl methyl sites for hydroxylation is 1. The van der Waals surface area contributed by atoms with E-state index in [-0.39, 0.29) is 5.71 Å². The molecule has 1 aromatic carbocycles. The zero-order valence-corrected chi connectivity index (χ0v) is 8.47. The van der Waals surface area contributed by atoms with Crippen LogP contribution in [0.5, 0.6) is 0 Å². The van der Waals surface area contributed by atoms with Gasteiger partial charge in [0.2, 0.25) is 0 Å². The SMILES string of the molecule is Cc1ccc(C(=N)/C=C(\O)C(F)(F)F)cc1. The van der Waals surface area contributed by atoms with Gasteiger partial charge in [-0.1, -0.05) is 29.8 Å². The maximum Gasteiger partial charge on any atom is 0.448 e. The van der Waals surface area contributed by atoms with Crippen LogP contribution < -0.4 is 0 Å². The van der Waals surface area contributed by atoms with Gasteiger partial charge in [-0.2, -0.15) is 13.2 Å². The molecule has 0 aliphatic rings. The molecule has 0 saturated heterocycles. The molecule has 0 heterocycles. The average Bonchev–Trinajstić information content (AvgIpc) is 2.17. The third kappa shape index (κ3) is 3.12. The van der Waals surface area contributed by atoms with Crippen LogP contribution in [-0.4, -0.2) is 17.0 Å². The van der Waals surface area contributed by atoms with E-state index in [0.29, 0.717) is 11.6 Å². The highest BCUT2D eigenvalue weighted by Gasteiger charge is 2.33. The Morgan fingerprint density at radius 3 is 2.19 bits per heavy atom. The van der Waals surface area contributed by atoms with Gasteiger partial charge in [-0.3, -0.25) is 0 Å². The Hall–Kier alpha value is -1.78. The molecule has 0 aromatic heterocycles. The summed E-state index contributed by atoms with van der Waals surface area (Å²) >= 11 is 0. The van der Waals surface area contributed by atoms with E-state index < -0.39 is 11.9 Å². The van der Waals surface area contributed by atoms with Crippen LogP contribution in [0.15, 0.2) is 36.1 Å². The number of hydrogen-bond donors (Lipinski definition) is 2. The van der Waals surface area contributed by atoms with E-state index in [9.17, 15) is 13.2 Å². The van der Waals surface area contributed by atoms with Gasteiger partial charge in [0.25, 0.3) is 0 Å². The average molecular weight is 229 g/mol. The quantitative estimate of drug-likeness (QED) is 0.592. The van der Waals surface area contributed by atoms with Crippen molar-refractivity contribution in [2.75, 3.05) is 0 Å². The molecule has 5 heteroatoms. The van der Waals surface area contributed by atoms with Gasteiger partial charge >= 0.3 is 6.18 Å². The van der Waals surface area contributed by atoms with Crippen molar-refractivity contribution >= 4 is 5.71 Å². The van der Waals surface area contributed by atoms with Crippen LogP contribution >= 0.6 is 0 Å². The first-order valence-corrected chi connectivity index (χ1v) is 4.44. The number of nitrogens with one attached hydrogen (secondary N) is 1. The van der Waals surface area contributed by atoms with E-state index in [1.165, 1.54) is 12.1 Å². The fraction of sp³-hybridized carbons (Fsp3) is 0.182. The summed E-state index contributed by atoms with van der Waals surface area (Å²) in [7, 11) is 0. The number of alkyl halides is 3. The molecule has 0 aliphatic carbocycles. The molecule has 0 radical (unpaired) electrons. The smallest absolute Gasteiger partial charge is 0.448 e. The standard InChI is InChI=1S/C11H10F3NO/c1-7-2-4-8(5-3-7)9(15)6-10(16)11(12,13)14/h2-6,15-16H,1H3/b10-6-,15-9?. The Kier molecular flexibility index (Phi) is 3.37. The summed E-state index contributed by atoms with van der Waals surface area (Å²) in [6, 6.07) is 6.42. The van der Waals surface area contributed by atoms with Crippen LogP contribution in [0.2, 0.25) is 0 Å². The maximum absolute atomic E-state index is 12.0. The van der Waals surface area contributed by atoms with Crippen molar-refractivity contribution in [1.29, 1.82) is 5.41 Å². The molecule has 0 fully saturated rings. The van der Waals surface area contributed by atoms with Crippen molar-refractivity contribution in [3.8, 4) is 0 Å². The fourth-order valence-electron chi connectivity index (χ4n) is 1.04. The minimum absolute atomic E-state index is 0.321. The number of hydrogen-bond acceptors (Lipinski definition) is 2. The Labute approximate surface area is 90.5 Å². The molecule has 86 valence electrons. The van der Waals surface area contributed by atoms with Crippen molar-refractivity contribution in [3.05, 3.63) is 47.2 Å². The lowest BCUT2D eigenvalue weighted by Crippen LogP contribution is -2.13. The fourth-order valence-corrected chi connectivity index (χ4v) is 1.04. The summed E-state index contributed by atoms with van der Waals surface area (Å²) < 4.78 is 35.9. The minimum Gasteiger partial charge on any atom is -0.504 e. The van der Waals surface area contributed by atoms with E-state index in [0.717, 1.165) is 5.56 Å². The molecule has 0 spiro atoms. The van der Waals surface area contributed by atoms with Gasteiger partial charge in [0, 0.05) is 6.08 Å². The van der Waals surface area contributed by atoms with Gasteiger partial charge in [-0.15, -0.1) is 0 Å². The summed E-state index contributed by atoms with van der Waals surface area (Å²) in [6.07, 6.45) is -4.42. The van der Waals surface area contributed by atoms with Crippen molar-refractivity contribution < 1.29 is 18.3 Å². The molecule has 0 amide bonds. The zero-order valence-electron chi connectivity index (χ0n) is 8.47. The molecule has 0 unspecified atom stereocenters. The van der Waals surface area contributed by atoms with Gasteiger partial charge in [-0.25, -0.2) is 0 Å². The van der Waals surface area contributed by atoms with E-state index in [1.807, 2.05) is 6.92 Å². The van der Waals surface area contributed by atoms with Crippen LogP contribution in [0, 0.1) is 12.3 Å². The first-order valence-electron chi connectivity index (χ1n) is 4.44. The first-order chi connectivity index (χ1) is 7.30. The van der Waals surface area contributed by atoms with Crippen LogP contribution in [0.25, 0.3) is 0 Å². The Morgan fingerprint density at radius 1 is 1.25 bits per heavy atom. The summed E-state index contributed by atoms with van der Waals surface area (Å²) in [6.45, 7) is 1.83. The molecular formula is C11H10F3NO. The molecule has 1 aromatic rings. The van der Waals surface area contributed by atoms with E-state index >= 15 is 0 Å². The van der Waals surface area contributed by atoms with Crippen LogP contribution in [0.3, 0.4) is 0 Å². The Balaban J connectivity index is 2.92. The number of allylic oxidation sites excluding steroid dienone is 2. The predicted molar refractivity (Wildman–Crippen MR) is 54.8 cm³/mol. The molecule has 16 heavy (non-hydrogen) atoms. The first kappa shape index (κ1) is 12.3. The lowest BCUT2D eigenvalue weighted by Gasteiger charge is -2.05. The second-order valence-corrected chi connectivity index (χ2v) is 3.31. The number of aliphatic hydroxyl groups excluding tert-OH is 1. The van der Waals surface area contributed by atoms with Gasteiger partial charge < -0.3 is 10.5 Å². The minimum atomic E-state index is -4.81. The highest BCUT2D eigenvalue weighted by atomic mass is 19.4. The zero-order chi connectivity index (χ0) is 12.3. The second kappa shape index (κ2) is 4.38. The third-order valence-electron chi connectivity index (χ3n) is 1.93. The topological polar surface area (TPSA) is 44.1 Å². The highest BCUT2D eigenvalue weighted by Crippen LogP contribution is 2.23. The Morgan fingerprint density at radius 2 is 1.75 bits per heavy atom. The van der Waals surface area contributed by atoms with Gasteiger partial charge in [0.1, 0.15) is 0 Å². The van der Waals surface area contributed by atoms with Crippen LogP contribution in [0.4, 0.5) is 13.2 Å². The van der Waals surface area contributed by atoms with Gasteiger partial charge in [0.15, 0.2) is 5.76 Å². The molecule has 0 atom stereocenters. The number of aliphatic hydroxyl groups is 1. The van der Waals surface area contributed by atoms with E-state index in [4.69, 9.17) is 10.5 Å². The molecular weight excluding hydrogens is 219 g/mol. The molecule has 0 saturated carbocycles. The normalized spacial score (nSPS) is 12.6. The summed E-state index contributed by atoms with van der Waals surface area (Å²) in [5.41, 5.74) is 0.886. The summed E-state index contributed by atoms with van der Waals surface area (Å²) in [5.74, 6) is -1.77. The number of rotatable bonds is 2. The lowest BCUT2D eigenvalue weighted by atomic mass is 10.1. The molecule has 1 rings (SSSR count). The monoisotopic (exact) mass is 229 g/mol. The second-order valence-electron chi connectivity index (χ2n) is 3.31. The van der Waals surface area contributed by atoms with E-state index in [1.54, 1.807) is 12.1 Å². The predicted octanol–water partition coefficient (Wildman–Crippen LogP) is 3.37. The van der Waals surface area contributed by atoms with Crippen LogP contribution in [0.1, 0.15) is 11.1 Å². The van der Waals surface area contributed by atoms with Gasteiger partial charge in [-0.05, 0) is 12.5 Å². The molecule has 2 N–H and O–H groups in total. The molecule has 0 bridgehead atoms. The lowest BCUT2D eigenvalue weighted by molar-refractivity contribution is -0.120. The highest BCUT2D eigenvalue weighted by molar-refractivity contribution is 6.06. The molecule has 2 nitrogen and oxygen atoms in total. The van der Waals surface area contributed by atoms with Crippen LogP contribution in [-0.2, 0) is 0 Å². The maximum atomic E-state index is 12.0. The van der Waals surface area contributed by atoms with Crippen molar-refractivity contribution in [2.24, 2.45) is 0 Å². The summed E-state index contributed by atoms with van der Waals surface area (Å²) in [4.78, 5) is 0. The van der Waals surface area contributed by atoms with Crippen molar-refractivity contribution in [2.45, 2.75) is 13.1 Å². The van der Waals surface area contributed by atoms with Gasteiger partial charge in [0.05, 0.1) is 5.71 Å². The van der Waals surface area contributed by atoms with Crippen molar-refractivity contribution in [3.63, 3.8) is 0 Å². The largest absolute Gasteiger partial charge is 0.504 e. The summed E-state index contributed by atoms with van der Waals surface area (Å²) in [5, 5.41) is 16.0. The van der Waals surface area contributed by atoms with E-state index in [2.05, 4.69) is 0 Å². The molecule has 0 aliphatic heterocycles. The Bertz CT molecular complexity index is 418. The number of halogens is 3.